The Kier molecular flexibility index (Phi) is 4.99. The molecule has 0 spiro atoms. The molecule has 20 heavy (non-hydrogen) atoms. The van der Waals surface area contributed by atoms with Crippen LogP contribution in [0.15, 0.2) is 42.5 Å². The lowest BCUT2D eigenvalue weighted by molar-refractivity contribution is 0.0951. The molecule has 1 N–H and O–H groups in total. The maximum absolute atomic E-state index is 13.0. The minimum Gasteiger partial charge on any atom is -0.348 e. The second-order valence-electron chi connectivity index (χ2n) is 4.26. The summed E-state index contributed by atoms with van der Waals surface area (Å²) in [5.74, 6) is -0.263. The smallest absolute Gasteiger partial charge is 0.251 e. The topological polar surface area (TPSA) is 29.1 Å². The van der Waals surface area contributed by atoms with Crippen LogP contribution < -0.4 is 5.32 Å². The third kappa shape index (κ3) is 3.71. The van der Waals surface area contributed by atoms with Crippen molar-refractivity contribution in [3.63, 3.8) is 0 Å². The van der Waals surface area contributed by atoms with Crippen molar-refractivity contribution in [2.24, 2.45) is 0 Å². The van der Waals surface area contributed by atoms with Gasteiger partial charge in [0.25, 0.3) is 5.91 Å². The van der Waals surface area contributed by atoms with Crippen molar-refractivity contribution in [1.82, 2.24) is 5.32 Å². The van der Waals surface area contributed by atoms with Gasteiger partial charge < -0.3 is 5.32 Å². The molecule has 0 aromatic heterocycles. The Bertz CT molecular complexity index is 614. The lowest BCUT2D eigenvalue weighted by atomic mass is 10.1. The van der Waals surface area contributed by atoms with E-state index >= 15 is 0 Å². The van der Waals surface area contributed by atoms with Crippen molar-refractivity contribution in [1.29, 1.82) is 0 Å². The first-order valence-corrected chi connectivity index (χ1v) is 6.88. The molecule has 0 radical (unpaired) electrons. The summed E-state index contributed by atoms with van der Waals surface area (Å²) in [6.45, 7) is 0.288. The number of benzene rings is 2. The van der Waals surface area contributed by atoms with Gasteiger partial charge in [0.1, 0.15) is 5.82 Å². The molecule has 2 rings (SSSR count). The molecule has 5 heteroatoms. The molecule has 2 aromatic carbocycles. The third-order valence-corrected chi connectivity index (χ3v) is 3.41. The molecule has 2 nitrogen and oxygen atoms in total. The number of carbonyl (C=O) groups excluding carboxylic acids is 1. The van der Waals surface area contributed by atoms with Crippen LogP contribution in [0, 0.1) is 5.82 Å². The minimum atomic E-state index is -0.474. The normalized spacial score (nSPS) is 10.3. The van der Waals surface area contributed by atoms with Crippen molar-refractivity contribution in [3.05, 3.63) is 70.0 Å². The lowest BCUT2D eigenvalue weighted by Gasteiger charge is -2.06. The number of hydrogen-bond acceptors (Lipinski definition) is 1. The highest BCUT2D eigenvalue weighted by Gasteiger charge is 2.06. The summed E-state index contributed by atoms with van der Waals surface area (Å²) in [7, 11) is 0. The van der Waals surface area contributed by atoms with E-state index in [1.54, 1.807) is 30.3 Å². The van der Waals surface area contributed by atoms with E-state index in [1.807, 2.05) is 0 Å². The zero-order valence-corrected chi connectivity index (χ0v) is 12.0. The highest BCUT2D eigenvalue weighted by molar-refractivity contribution is 6.30. The van der Waals surface area contributed by atoms with E-state index in [9.17, 15) is 9.18 Å². The highest BCUT2D eigenvalue weighted by atomic mass is 35.5. The number of carbonyl (C=O) groups is 1. The van der Waals surface area contributed by atoms with Crippen LogP contribution in [0.4, 0.5) is 4.39 Å². The minimum absolute atomic E-state index is 0.0446. The molecular weight excluding hydrogens is 300 g/mol. The molecule has 1 amide bonds. The van der Waals surface area contributed by atoms with E-state index in [0.717, 1.165) is 11.1 Å². The summed E-state index contributed by atoms with van der Waals surface area (Å²) < 4.78 is 13.0. The van der Waals surface area contributed by atoms with Crippen molar-refractivity contribution in [3.8, 4) is 0 Å². The quantitative estimate of drug-likeness (QED) is 0.844. The monoisotopic (exact) mass is 311 g/mol. The van der Waals surface area contributed by atoms with Crippen LogP contribution in [0.1, 0.15) is 21.5 Å². The Morgan fingerprint density at radius 2 is 1.75 bits per heavy atom. The summed E-state index contributed by atoms with van der Waals surface area (Å²) in [4.78, 5) is 11.9. The van der Waals surface area contributed by atoms with Crippen molar-refractivity contribution in [2.45, 2.75) is 12.4 Å². The molecule has 0 aliphatic heterocycles. The predicted molar refractivity (Wildman–Crippen MR) is 78.6 cm³/mol. The summed E-state index contributed by atoms with van der Waals surface area (Å²) in [5.41, 5.74) is 2.24. The molecule has 0 aliphatic rings. The fourth-order valence-corrected chi connectivity index (χ4v) is 2.06. The second kappa shape index (κ2) is 6.73. The second-order valence-corrected chi connectivity index (χ2v) is 4.94. The van der Waals surface area contributed by atoms with Crippen LogP contribution in [0.25, 0.3) is 0 Å². The first kappa shape index (κ1) is 14.8. The molecule has 2 aromatic rings. The Morgan fingerprint density at radius 3 is 2.35 bits per heavy atom. The predicted octanol–water partition coefficient (Wildman–Crippen LogP) is 4.15. The fourth-order valence-electron chi connectivity index (χ4n) is 1.68. The van der Waals surface area contributed by atoms with Crippen LogP contribution in [0.3, 0.4) is 0 Å². The van der Waals surface area contributed by atoms with Crippen LogP contribution in [0.5, 0.6) is 0 Å². The van der Waals surface area contributed by atoms with Crippen LogP contribution in [-0.2, 0) is 12.4 Å². The summed E-state index contributed by atoms with van der Waals surface area (Å²) in [5, 5.41) is 2.79. The van der Waals surface area contributed by atoms with Gasteiger partial charge in [-0.05, 0) is 35.4 Å². The Labute approximate surface area is 126 Å². The van der Waals surface area contributed by atoms with Gasteiger partial charge >= 0.3 is 0 Å². The van der Waals surface area contributed by atoms with Gasteiger partial charge in [-0.3, -0.25) is 4.79 Å². The van der Waals surface area contributed by atoms with Gasteiger partial charge in [-0.1, -0.05) is 29.8 Å². The summed E-state index contributed by atoms with van der Waals surface area (Å²) in [6.07, 6.45) is 0. The van der Waals surface area contributed by atoms with E-state index in [-0.39, 0.29) is 17.5 Å². The number of rotatable bonds is 4. The van der Waals surface area contributed by atoms with Gasteiger partial charge in [-0.15, -0.1) is 11.6 Å². The SMILES string of the molecule is O=C(NCc1ccc(F)c(Cl)c1)c1ccc(CCl)cc1. The molecule has 0 bridgehead atoms. The van der Waals surface area contributed by atoms with Crippen molar-refractivity contribution >= 4 is 29.1 Å². The van der Waals surface area contributed by atoms with Crippen LogP contribution >= 0.6 is 23.2 Å². The maximum Gasteiger partial charge on any atom is 0.251 e. The standard InChI is InChI=1S/C15H12Cl2FNO/c16-8-10-1-4-12(5-2-10)15(20)19-9-11-3-6-14(18)13(17)7-11/h1-7H,8-9H2,(H,19,20). The zero-order valence-electron chi connectivity index (χ0n) is 10.5. The molecule has 104 valence electrons. The Hall–Kier alpha value is -1.58. The van der Waals surface area contributed by atoms with Gasteiger partial charge in [0.15, 0.2) is 0 Å². The average molecular weight is 312 g/mol. The van der Waals surface area contributed by atoms with Crippen molar-refractivity contribution in [2.75, 3.05) is 0 Å². The molecular formula is C15H12Cl2FNO. The number of hydrogen-bond donors (Lipinski definition) is 1. The van der Waals surface area contributed by atoms with Gasteiger partial charge in [0.2, 0.25) is 0 Å². The van der Waals surface area contributed by atoms with Crippen molar-refractivity contribution < 1.29 is 9.18 Å². The van der Waals surface area contributed by atoms with Gasteiger partial charge in [0.05, 0.1) is 5.02 Å². The van der Waals surface area contributed by atoms with Gasteiger partial charge in [0, 0.05) is 18.0 Å². The largest absolute Gasteiger partial charge is 0.348 e. The summed E-state index contributed by atoms with van der Waals surface area (Å²) in [6, 6.07) is 11.4. The molecule has 0 atom stereocenters. The highest BCUT2D eigenvalue weighted by Crippen LogP contribution is 2.16. The average Bonchev–Trinajstić information content (AvgIpc) is 2.48. The van der Waals surface area contributed by atoms with Gasteiger partial charge in [-0.2, -0.15) is 0 Å². The fraction of sp³-hybridized carbons (Fsp3) is 0.133. The van der Waals surface area contributed by atoms with E-state index in [2.05, 4.69) is 5.32 Å². The van der Waals surface area contributed by atoms with E-state index in [0.29, 0.717) is 11.4 Å². The van der Waals surface area contributed by atoms with Crippen LogP contribution in [0.2, 0.25) is 5.02 Å². The molecule has 0 heterocycles. The number of amides is 1. The first-order valence-electron chi connectivity index (χ1n) is 5.97. The van der Waals surface area contributed by atoms with Gasteiger partial charge in [-0.25, -0.2) is 4.39 Å². The number of halogens is 3. The molecule has 0 fully saturated rings. The van der Waals surface area contributed by atoms with E-state index in [1.165, 1.54) is 12.1 Å². The zero-order chi connectivity index (χ0) is 14.5. The Morgan fingerprint density at radius 1 is 1.10 bits per heavy atom. The molecule has 0 unspecified atom stereocenters. The molecule has 0 saturated heterocycles. The molecule has 0 aliphatic carbocycles. The number of nitrogens with one attached hydrogen (secondary N) is 1. The number of alkyl halides is 1. The lowest BCUT2D eigenvalue weighted by Crippen LogP contribution is -2.22. The van der Waals surface area contributed by atoms with E-state index < -0.39 is 5.82 Å². The summed E-state index contributed by atoms with van der Waals surface area (Å²) >= 11 is 11.4. The molecule has 0 saturated carbocycles. The maximum atomic E-state index is 13.0. The Balaban J connectivity index is 1.98. The third-order valence-electron chi connectivity index (χ3n) is 2.81. The first-order chi connectivity index (χ1) is 9.60. The van der Waals surface area contributed by atoms with E-state index in [4.69, 9.17) is 23.2 Å². The van der Waals surface area contributed by atoms with Crippen LogP contribution in [-0.4, -0.2) is 5.91 Å².